The molecule has 0 saturated heterocycles. The van der Waals surface area contributed by atoms with Crippen LogP contribution in [0.3, 0.4) is 0 Å². The third kappa shape index (κ3) is 3.93. The molecular formula is C10H15N3O2. The molecule has 15 heavy (non-hydrogen) atoms. The molecule has 1 heterocycles. The summed E-state index contributed by atoms with van der Waals surface area (Å²) >= 11 is 0. The molecule has 0 amide bonds. The Balaban J connectivity index is 2.47. The Morgan fingerprint density at radius 1 is 1.53 bits per heavy atom. The van der Waals surface area contributed by atoms with E-state index in [9.17, 15) is 4.79 Å². The van der Waals surface area contributed by atoms with E-state index in [1.807, 2.05) is 0 Å². The van der Waals surface area contributed by atoms with Crippen LogP contribution in [0.2, 0.25) is 0 Å². The van der Waals surface area contributed by atoms with Gasteiger partial charge >= 0.3 is 5.97 Å². The number of carboxylic acids is 1. The van der Waals surface area contributed by atoms with Crippen LogP contribution in [-0.4, -0.2) is 27.6 Å². The number of carboxylic acid groups (broad SMARTS) is 1. The van der Waals surface area contributed by atoms with Gasteiger partial charge in [-0.1, -0.05) is 19.8 Å². The van der Waals surface area contributed by atoms with Crippen LogP contribution in [0.4, 0.5) is 5.95 Å². The zero-order chi connectivity index (χ0) is 11.1. The van der Waals surface area contributed by atoms with Gasteiger partial charge in [-0.05, 0) is 12.5 Å². The van der Waals surface area contributed by atoms with Crippen molar-refractivity contribution in [2.75, 3.05) is 11.9 Å². The van der Waals surface area contributed by atoms with Crippen molar-refractivity contribution in [1.29, 1.82) is 0 Å². The number of carbonyl (C=O) groups is 1. The van der Waals surface area contributed by atoms with Gasteiger partial charge in [-0.2, -0.15) is 0 Å². The fourth-order valence-corrected chi connectivity index (χ4v) is 1.14. The number of aromatic carboxylic acids is 1. The van der Waals surface area contributed by atoms with Crippen LogP contribution >= 0.6 is 0 Å². The second kappa shape index (κ2) is 5.95. The number of aromatic nitrogens is 2. The Kier molecular flexibility index (Phi) is 4.53. The highest BCUT2D eigenvalue weighted by molar-refractivity contribution is 5.85. The first-order valence-corrected chi connectivity index (χ1v) is 5.04. The molecule has 5 nitrogen and oxygen atoms in total. The van der Waals surface area contributed by atoms with Crippen molar-refractivity contribution < 1.29 is 9.90 Å². The molecule has 0 aliphatic carbocycles. The molecule has 0 saturated carbocycles. The lowest BCUT2D eigenvalue weighted by molar-refractivity contribution is 0.0690. The summed E-state index contributed by atoms with van der Waals surface area (Å²) < 4.78 is 0. The minimum Gasteiger partial charge on any atom is -0.477 e. The zero-order valence-corrected chi connectivity index (χ0v) is 8.73. The Bertz CT molecular complexity index is 328. The average molecular weight is 209 g/mol. The van der Waals surface area contributed by atoms with Crippen LogP contribution in [0.1, 0.15) is 36.7 Å². The standard InChI is InChI=1S/C10H15N3O2/c1-2-3-4-6-11-10-12-7-5-8(13-10)9(14)15/h5,7H,2-4,6H2,1H3,(H,14,15)(H,11,12,13). The van der Waals surface area contributed by atoms with E-state index in [0.29, 0.717) is 5.95 Å². The molecule has 0 atom stereocenters. The van der Waals surface area contributed by atoms with E-state index in [2.05, 4.69) is 22.2 Å². The number of nitrogens with one attached hydrogen (secondary N) is 1. The number of unbranched alkanes of at least 4 members (excludes halogenated alkanes) is 2. The Morgan fingerprint density at radius 2 is 2.33 bits per heavy atom. The molecule has 5 heteroatoms. The number of anilines is 1. The van der Waals surface area contributed by atoms with Gasteiger partial charge in [0.15, 0.2) is 5.69 Å². The average Bonchev–Trinajstić information content (AvgIpc) is 2.25. The molecule has 1 rings (SSSR count). The maximum absolute atomic E-state index is 10.6. The van der Waals surface area contributed by atoms with E-state index in [0.717, 1.165) is 25.8 Å². The van der Waals surface area contributed by atoms with Crippen molar-refractivity contribution >= 4 is 11.9 Å². The lowest BCUT2D eigenvalue weighted by Gasteiger charge is -2.03. The van der Waals surface area contributed by atoms with Crippen LogP contribution < -0.4 is 5.32 Å². The first kappa shape index (κ1) is 11.4. The molecule has 0 aromatic carbocycles. The van der Waals surface area contributed by atoms with Crippen molar-refractivity contribution in [3.8, 4) is 0 Å². The van der Waals surface area contributed by atoms with E-state index in [1.165, 1.54) is 12.3 Å². The number of hydrogen-bond donors (Lipinski definition) is 2. The van der Waals surface area contributed by atoms with Gasteiger partial charge in [-0.25, -0.2) is 14.8 Å². The van der Waals surface area contributed by atoms with Gasteiger partial charge in [0, 0.05) is 12.7 Å². The maximum Gasteiger partial charge on any atom is 0.354 e. The first-order chi connectivity index (χ1) is 7.24. The first-order valence-electron chi connectivity index (χ1n) is 5.04. The Labute approximate surface area is 88.6 Å². The van der Waals surface area contributed by atoms with Gasteiger partial charge in [0.1, 0.15) is 0 Å². The summed E-state index contributed by atoms with van der Waals surface area (Å²) in [4.78, 5) is 18.4. The summed E-state index contributed by atoms with van der Waals surface area (Å²) in [6.45, 7) is 2.90. The van der Waals surface area contributed by atoms with Gasteiger partial charge in [0.2, 0.25) is 5.95 Å². The van der Waals surface area contributed by atoms with Gasteiger partial charge < -0.3 is 10.4 Å². The summed E-state index contributed by atoms with van der Waals surface area (Å²) in [5.74, 6) is -0.653. The monoisotopic (exact) mass is 209 g/mol. The third-order valence-corrected chi connectivity index (χ3v) is 1.94. The maximum atomic E-state index is 10.6. The van der Waals surface area contributed by atoms with Crippen LogP contribution in [0.15, 0.2) is 12.3 Å². The minimum absolute atomic E-state index is 0.0167. The predicted molar refractivity (Wildman–Crippen MR) is 57.0 cm³/mol. The highest BCUT2D eigenvalue weighted by Gasteiger charge is 2.05. The van der Waals surface area contributed by atoms with Crippen LogP contribution in [0.5, 0.6) is 0 Å². The van der Waals surface area contributed by atoms with Crippen molar-refractivity contribution in [3.05, 3.63) is 18.0 Å². The molecule has 0 radical (unpaired) electrons. The van der Waals surface area contributed by atoms with E-state index >= 15 is 0 Å². The van der Waals surface area contributed by atoms with Gasteiger partial charge in [0.25, 0.3) is 0 Å². The second-order valence-corrected chi connectivity index (χ2v) is 3.20. The van der Waals surface area contributed by atoms with Gasteiger partial charge in [-0.3, -0.25) is 0 Å². The molecule has 1 aromatic rings. The van der Waals surface area contributed by atoms with Crippen LogP contribution in [0.25, 0.3) is 0 Å². The minimum atomic E-state index is -1.03. The smallest absolute Gasteiger partial charge is 0.354 e. The molecule has 0 bridgehead atoms. The number of rotatable bonds is 6. The Morgan fingerprint density at radius 3 is 3.00 bits per heavy atom. The van der Waals surface area contributed by atoms with E-state index in [1.54, 1.807) is 0 Å². The number of hydrogen-bond acceptors (Lipinski definition) is 4. The van der Waals surface area contributed by atoms with Crippen molar-refractivity contribution in [2.45, 2.75) is 26.2 Å². The van der Waals surface area contributed by atoms with E-state index in [4.69, 9.17) is 5.11 Å². The van der Waals surface area contributed by atoms with Gasteiger partial charge in [-0.15, -0.1) is 0 Å². The summed E-state index contributed by atoms with van der Waals surface area (Å²) in [6, 6.07) is 1.37. The lowest BCUT2D eigenvalue weighted by Crippen LogP contribution is -2.08. The van der Waals surface area contributed by atoms with E-state index < -0.39 is 5.97 Å². The Hall–Kier alpha value is -1.65. The largest absolute Gasteiger partial charge is 0.477 e. The normalized spacial score (nSPS) is 9.93. The van der Waals surface area contributed by atoms with Crippen molar-refractivity contribution in [1.82, 2.24) is 9.97 Å². The topological polar surface area (TPSA) is 75.1 Å². The van der Waals surface area contributed by atoms with Crippen molar-refractivity contribution in [2.24, 2.45) is 0 Å². The predicted octanol–water partition coefficient (Wildman–Crippen LogP) is 1.78. The molecular weight excluding hydrogens is 194 g/mol. The molecule has 82 valence electrons. The molecule has 0 aliphatic rings. The summed E-state index contributed by atoms with van der Waals surface area (Å²) in [6.07, 6.45) is 4.78. The summed E-state index contributed by atoms with van der Waals surface area (Å²) in [7, 11) is 0. The fourth-order valence-electron chi connectivity index (χ4n) is 1.14. The molecule has 0 fully saturated rings. The summed E-state index contributed by atoms with van der Waals surface area (Å²) in [5, 5.41) is 11.7. The second-order valence-electron chi connectivity index (χ2n) is 3.20. The lowest BCUT2D eigenvalue weighted by atomic mass is 10.2. The molecule has 1 aromatic heterocycles. The zero-order valence-electron chi connectivity index (χ0n) is 8.73. The SMILES string of the molecule is CCCCCNc1nccc(C(=O)O)n1. The third-order valence-electron chi connectivity index (χ3n) is 1.94. The molecule has 0 unspecified atom stereocenters. The van der Waals surface area contributed by atoms with Crippen molar-refractivity contribution in [3.63, 3.8) is 0 Å². The van der Waals surface area contributed by atoms with Crippen LogP contribution in [0, 0.1) is 0 Å². The van der Waals surface area contributed by atoms with Crippen LogP contribution in [-0.2, 0) is 0 Å². The highest BCUT2D eigenvalue weighted by atomic mass is 16.4. The fraction of sp³-hybridized carbons (Fsp3) is 0.500. The summed E-state index contributed by atoms with van der Waals surface area (Å²) in [5.41, 5.74) is 0.0167. The highest BCUT2D eigenvalue weighted by Crippen LogP contribution is 2.01. The number of nitrogens with zero attached hydrogens (tertiary/aromatic N) is 2. The molecule has 2 N–H and O–H groups in total. The van der Waals surface area contributed by atoms with E-state index in [-0.39, 0.29) is 5.69 Å². The quantitative estimate of drug-likeness (QED) is 0.698. The van der Waals surface area contributed by atoms with Gasteiger partial charge in [0.05, 0.1) is 0 Å². The molecule has 0 aliphatic heterocycles. The molecule has 0 spiro atoms.